The third kappa shape index (κ3) is 1.86. The van der Waals surface area contributed by atoms with Crippen molar-refractivity contribution in [3.63, 3.8) is 0 Å². The fourth-order valence-corrected chi connectivity index (χ4v) is 3.56. The first-order valence-electron chi connectivity index (χ1n) is 4.98. The minimum Gasteiger partial charge on any atom is -0.299 e. The number of Topliss-reactive ketones (excluding diaryl/α,β-unsaturated/α-hetero) is 2. The molecule has 4 heteroatoms. The second kappa shape index (κ2) is 3.35. The highest BCUT2D eigenvalue weighted by atomic mass is 32.2. The number of rotatable bonds is 3. The van der Waals surface area contributed by atoms with Crippen LogP contribution in [0.25, 0.3) is 0 Å². The molecule has 14 heavy (non-hydrogen) atoms. The highest BCUT2D eigenvalue weighted by Crippen LogP contribution is 2.58. The summed E-state index contributed by atoms with van der Waals surface area (Å²) in [7, 11) is 0. The van der Waals surface area contributed by atoms with Gasteiger partial charge in [0.05, 0.1) is 12.6 Å². The van der Waals surface area contributed by atoms with Gasteiger partial charge in [0.1, 0.15) is 11.6 Å². The Kier molecular flexibility index (Phi) is 2.43. The quantitative estimate of drug-likeness (QED) is 0.664. The van der Waals surface area contributed by atoms with E-state index in [0.717, 1.165) is 6.42 Å². The molecule has 0 aromatic heterocycles. The van der Waals surface area contributed by atoms with Crippen LogP contribution in [-0.2, 0) is 9.59 Å². The summed E-state index contributed by atoms with van der Waals surface area (Å²) in [6.45, 7) is 3.62. The Morgan fingerprint density at radius 2 is 2.07 bits per heavy atom. The fraction of sp³-hybridized carbons (Fsp3) is 0.800. The topological polar surface area (TPSA) is 37.4 Å². The third-order valence-corrected chi connectivity index (χ3v) is 4.46. The maximum Gasteiger partial charge on any atom is 0.147 e. The number of carbonyl (C=O) groups excluding carboxylic acids is 2. The van der Waals surface area contributed by atoms with Gasteiger partial charge < -0.3 is 0 Å². The molecule has 1 spiro atoms. The standard InChI is InChI=1S/C10H15NO2S/c1-7(12)6-11-9(8(2)13)5-10(14-11)3-4-10/h9H,3-6H2,1-2H3. The van der Waals surface area contributed by atoms with Crippen molar-refractivity contribution >= 4 is 23.5 Å². The molecule has 2 aliphatic rings. The van der Waals surface area contributed by atoms with Crippen molar-refractivity contribution in [2.45, 2.75) is 43.9 Å². The Hall–Kier alpha value is -0.350. The van der Waals surface area contributed by atoms with E-state index in [1.165, 1.54) is 12.8 Å². The van der Waals surface area contributed by atoms with Crippen LogP contribution < -0.4 is 0 Å². The molecule has 2 fully saturated rings. The van der Waals surface area contributed by atoms with Crippen LogP contribution in [0.4, 0.5) is 0 Å². The Bertz CT molecular complexity index is 286. The molecule has 0 radical (unpaired) electrons. The summed E-state index contributed by atoms with van der Waals surface area (Å²) >= 11 is 1.74. The van der Waals surface area contributed by atoms with Crippen molar-refractivity contribution < 1.29 is 9.59 Å². The lowest BCUT2D eigenvalue weighted by Crippen LogP contribution is -2.33. The lowest BCUT2D eigenvalue weighted by molar-refractivity contribution is -0.121. The Labute approximate surface area is 88.4 Å². The smallest absolute Gasteiger partial charge is 0.147 e. The highest BCUT2D eigenvalue weighted by molar-refractivity contribution is 7.99. The van der Waals surface area contributed by atoms with Crippen molar-refractivity contribution in [3.05, 3.63) is 0 Å². The lowest BCUT2D eigenvalue weighted by Gasteiger charge is -2.18. The average Bonchev–Trinajstić information content (AvgIpc) is 2.68. The third-order valence-electron chi connectivity index (χ3n) is 2.88. The molecule has 3 nitrogen and oxygen atoms in total. The predicted molar refractivity (Wildman–Crippen MR) is 56.0 cm³/mol. The molecule has 0 aromatic rings. The van der Waals surface area contributed by atoms with Crippen molar-refractivity contribution in [3.8, 4) is 0 Å². The number of hydrogen-bond donors (Lipinski definition) is 0. The first-order valence-corrected chi connectivity index (χ1v) is 5.75. The molecule has 0 bridgehead atoms. The second-order valence-electron chi connectivity index (χ2n) is 4.38. The van der Waals surface area contributed by atoms with Crippen LogP contribution in [0, 0.1) is 0 Å². The fourth-order valence-electron chi connectivity index (χ4n) is 1.95. The lowest BCUT2D eigenvalue weighted by atomic mass is 10.1. The van der Waals surface area contributed by atoms with Gasteiger partial charge in [-0.25, -0.2) is 4.31 Å². The van der Waals surface area contributed by atoms with Crippen LogP contribution in [0.15, 0.2) is 0 Å². The summed E-state index contributed by atoms with van der Waals surface area (Å²) in [5, 5.41) is 0. The van der Waals surface area contributed by atoms with E-state index in [9.17, 15) is 9.59 Å². The number of nitrogens with zero attached hydrogens (tertiary/aromatic N) is 1. The van der Waals surface area contributed by atoms with Crippen molar-refractivity contribution in [2.75, 3.05) is 6.54 Å². The van der Waals surface area contributed by atoms with E-state index in [0.29, 0.717) is 11.3 Å². The van der Waals surface area contributed by atoms with E-state index in [2.05, 4.69) is 0 Å². The molecule has 78 valence electrons. The minimum absolute atomic E-state index is 0.0219. The summed E-state index contributed by atoms with van der Waals surface area (Å²) in [6.07, 6.45) is 3.35. The van der Waals surface area contributed by atoms with Crippen molar-refractivity contribution in [1.29, 1.82) is 0 Å². The van der Waals surface area contributed by atoms with Crippen LogP contribution in [0.5, 0.6) is 0 Å². The summed E-state index contributed by atoms with van der Waals surface area (Å²) in [5.74, 6) is 0.337. The van der Waals surface area contributed by atoms with E-state index in [-0.39, 0.29) is 17.6 Å². The Morgan fingerprint density at radius 3 is 2.50 bits per heavy atom. The van der Waals surface area contributed by atoms with Crippen LogP contribution >= 0.6 is 11.9 Å². The molecule has 1 aliphatic carbocycles. The van der Waals surface area contributed by atoms with Crippen LogP contribution in [-0.4, -0.2) is 33.2 Å². The zero-order valence-corrected chi connectivity index (χ0v) is 9.39. The largest absolute Gasteiger partial charge is 0.299 e. The molecule has 1 atom stereocenters. The SMILES string of the molecule is CC(=O)CN1SC2(CC2)CC1C(C)=O. The Balaban J connectivity index is 2.06. The zero-order chi connectivity index (χ0) is 10.3. The summed E-state index contributed by atoms with van der Waals surface area (Å²) in [5.41, 5.74) is 0. The molecule has 1 saturated heterocycles. The molecular formula is C10H15NO2S. The summed E-state index contributed by atoms with van der Waals surface area (Å²) < 4.78 is 2.31. The molecule has 1 unspecified atom stereocenters. The number of hydrogen-bond acceptors (Lipinski definition) is 4. The van der Waals surface area contributed by atoms with Gasteiger partial charge in [-0.3, -0.25) is 9.59 Å². The zero-order valence-electron chi connectivity index (χ0n) is 8.58. The highest BCUT2D eigenvalue weighted by Gasteiger charge is 2.54. The molecule has 1 heterocycles. The number of carbonyl (C=O) groups is 2. The predicted octanol–water partition coefficient (Wildman–Crippen LogP) is 1.42. The van der Waals surface area contributed by atoms with Gasteiger partial charge in [0, 0.05) is 4.75 Å². The van der Waals surface area contributed by atoms with Crippen molar-refractivity contribution in [2.24, 2.45) is 0 Å². The normalized spacial score (nSPS) is 29.4. The average molecular weight is 213 g/mol. The van der Waals surface area contributed by atoms with Gasteiger partial charge in [-0.1, -0.05) is 11.9 Å². The van der Waals surface area contributed by atoms with Crippen LogP contribution in [0.2, 0.25) is 0 Å². The van der Waals surface area contributed by atoms with E-state index in [4.69, 9.17) is 0 Å². The second-order valence-corrected chi connectivity index (χ2v) is 5.90. The van der Waals surface area contributed by atoms with E-state index in [1.807, 2.05) is 4.31 Å². The molecule has 0 N–H and O–H groups in total. The molecule has 1 saturated carbocycles. The molecular weight excluding hydrogens is 198 g/mol. The molecule has 1 aliphatic heterocycles. The van der Waals surface area contributed by atoms with E-state index in [1.54, 1.807) is 25.8 Å². The first kappa shape index (κ1) is 10.2. The Morgan fingerprint density at radius 1 is 1.43 bits per heavy atom. The van der Waals surface area contributed by atoms with E-state index >= 15 is 0 Å². The van der Waals surface area contributed by atoms with Gasteiger partial charge in [0.25, 0.3) is 0 Å². The first-order chi connectivity index (χ1) is 6.52. The summed E-state index contributed by atoms with van der Waals surface area (Å²) in [6, 6.07) is -0.0219. The molecule has 0 aromatic carbocycles. The van der Waals surface area contributed by atoms with Gasteiger partial charge in [0.2, 0.25) is 0 Å². The van der Waals surface area contributed by atoms with Gasteiger partial charge in [-0.15, -0.1) is 0 Å². The van der Waals surface area contributed by atoms with Crippen molar-refractivity contribution in [1.82, 2.24) is 4.31 Å². The summed E-state index contributed by atoms with van der Waals surface area (Å²) in [4.78, 5) is 22.4. The molecule has 0 amide bonds. The maximum atomic E-state index is 11.4. The van der Waals surface area contributed by atoms with Crippen LogP contribution in [0.3, 0.4) is 0 Å². The van der Waals surface area contributed by atoms with E-state index < -0.39 is 0 Å². The number of ketones is 2. The van der Waals surface area contributed by atoms with Gasteiger partial charge >= 0.3 is 0 Å². The van der Waals surface area contributed by atoms with Crippen LogP contribution in [0.1, 0.15) is 33.1 Å². The van der Waals surface area contributed by atoms with Gasteiger partial charge in [-0.05, 0) is 33.1 Å². The maximum absolute atomic E-state index is 11.4. The van der Waals surface area contributed by atoms with Gasteiger partial charge in [-0.2, -0.15) is 0 Å². The molecule has 2 rings (SSSR count). The monoisotopic (exact) mass is 213 g/mol. The van der Waals surface area contributed by atoms with Gasteiger partial charge in [0.15, 0.2) is 0 Å². The minimum atomic E-state index is -0.0219.